The molecule has 1 unspecified atom stereocenters. The van der Waals surface area contributed by atoms with Gasteiger partial charge in [-0.1, -0.05) is 29.8 Å². The second-order valence-corrected chi connectivity index (χ2v) is 10.7. The van der Waals surface area contributed by atoms with E-state index in [9.17, 15) is 4.79 Å². The monoisotopic (exact) mass is 488 g/mol. The Hall–Kier alpha value is -3.19. The summed E-state index contributed by atoms with van der Waals surface area (Å²) in [4.78, 5) is 16.5. The number of hydrogen-bond donors (Lipinski definition) is 1. The van der Waals surface area contributed by atoms with Crippen LogP contribution in [0.1, 0.15) is 35.7 Å². The maximum atomic E-state index is 13.8. The lowest BCUT2D eigenvalue weighted by atomic mass is 9.65. The van der Waals surface area contributed by atoms with Crippen molar-refractivity contribution in [3.05, 3.63) is 59.2 Å². The van der Waals surface area contributed by atoms with Crippen LogP contribution in [0.15, 0.2) is 48.0 Å². The number of carbonyl (C=O) groups is 1. The fraction of sp³-hybridized carbons (Fsp3) is 0.483. The van der Waals surface area contributed by atoms with Gasteiger partial charge in [-0.2, -0.15) is 0 Å². The first-order valence-electron chi connectivity index (χ1n) is 12.8. The highest BCUT2D eigenvalue weighted by atomic mass is 16.5. The van der Waals surface area contributed by atoms with E-state index < -0.39 is 0 Å². The number of para-hydroxylation sites is 1. The van der Waals surface area contributed by atoms with Crippen LogP contribution in [0.25, 0.3) is 0 Å². The third-order valence-electron chi connectivity index (χ3n) is 9.69. The third-order valence-corrected chi connectivity index (χ3v) is 9.69. The first kappa shape index (κ1) is 22.0. The number of anilines is 1. The fourth-order valence-electron chi connectivity index (χ4n) is 8.41. The van der Waals surface area contributed by atoms with Crippen LogP contribution in [0.3, 0.4) is 0 Å². The lowest BCUT2D eigenvalue weighted by molar-refractivity contribution is -0.0374. The number of rotatable bonds is 5. The number of carbonyl (C=O) groups excluding carboxylic acids is 1. The van der Waals surface area contributed by atoms with Crippen LogP contribution in [0.4, 0.5) is 5.69 Å². The molecule has 2 aromatic carbocycles. The van der Waals surface area contributed by atoms with Gasteiger partial charge in [-0.05, 0) is 49.4 Å². The minimum Gasteiger partial charge on any atom is -0.493 e. The first-order valence-corrected chi connectivity index (χ1v) is 12.8. The molecule has 1 aliphatic carbocycles. The maximum absolute atomic E-state index is 13.8. The standard InChI is InChI=1S/C29H32N2O5/c1-5-15-14-31-20-12-17(15)24-21(31)13-29(18-8-6-7-9-19(18)30-26(20)29)27(24)36-28(32)16-10-22(33-2)25(35-4)23(11-16)34-3/h5-11,17,20-21,24,26-27,30H,12-14H2,1-4H3/b15-5-/t17-,20-,21-,24-,26-,27-,29+/m0/s1. The van der Waals surface area contributed by atoms with E-state index in [2.05, 4.69) is 47.5 Å². The van der Waals surface area contributed by atoms with Crippen molar-refractivity contribution in [2.24, 2.45) is 11.8 Å². The van der Waals surface area contributed by atoms with Gasteiger partial charge in [-0.3, -0.25) is 4.90 Å². The van der Waals surface area contributed by atoms with Crippen LogP contribution in [0, 0.1) is 11.8 Å². The van der Waals surface area contributed by atoms with E-state index in [1.165, 1.54) is 16.8 Å². The van der Waals surface area contributed by atoms with Crippen molar-refractivity contribution in [1.82, 2.24) is 4.90 Å². The quantitative estimate of drug-likeness (QED) is 0.504. The summed E-state index contributed by atoms with van der Waals surface area (Å²) in [7, 11) is 4.67. The van der Waals surface area contributed by atoms with Crippen molar-refractivity contribution >= 4 is 11.7 Å². The number of hydrogen-bond acceptors (Lipinski definition) is 7. The zero-order valence-electron chi connectivity index (χ0n) is 21.1. The van der Waals surface area contributed by atoms with Gasteiger partial charge in [-0.15, -0.1) is 0 Å². The summed E-state index contributed by atoms with van der Waals surface area (Å²) >= 11 is 0. The Kier molecular flexibility index (Phi) is 4.69. The van der Waals surface area contributed by atoms with E-state index >= 15 is 0 Å². The number of ether oxygens (including phenoxy) is 4. The Labute approximate surface area is 211 Å². The van der Waals surface area contributed by atoms with Crippen LogP contribution >= 0.6 is 0 Å². The van der Waals surface area contributed by atoms with Crippen molar-refractivity contribution < 1.29 is 23.7 Å². The van der Waals surface area contributed by atoms with Gasteiger partial charge in [0.2, 0.25) is 5.75 Å². The van der Waals surface area contributed by atoms with Crippen LogP contribution in [0.5, 0.6) is 17.2 Å². The summed E-state index contributed by atoms with van der Waals surface area (Å²) in [5.41, 5.74) is 4.17. The summed E-state index contributed by atoms with van der Waals surface area (Å²) in [5, 5.41) is 3.89. The minimum absolute atomic E-state index is 0.217. The van der Waals surface area contributed by atoms with Gasteiger partial charge >= 0.3 is 5.97 Å². The molecule has 7 heteroatoms. The first-order chi connectivity index (χ1) is 17.5. The molecule has 8 atom stereocenters. The number of benzene rings is 2. The molecule has 4 saturated heterocycles. The highest BCUT2D eigenvalue weighted by Crippen LogP contribution is 2.67. The molecule has 6 aliphatic rings. The minimum atomic E-state index is -0.347. The predicted molar refractivity (Wildman–Crippen MR) is 135 cm³/mol. The van der Waals surface area contributed by atoms with Crippen LogP contribution in [0.2, 0.25) is 0 Å². The van der Waals surface area contributed by atoms with Gasteiger partial charge in [0, 0.05) is 30.2 Å². The Bertz CT molecular complexity index is 1270. The van der Waals surface area contributed by atoms with Crippen LogP contribution in [-0.2, 0) is 10.2 Å². The molecule has 1 spiro atoms. The third kappa shape index (κ3) is 2.59. The SMILES string of the molecule is C/C=C1/CN2[C@H]3C[C@@]45c6ccccc6N[C@H]4[C@@H]2C[C@@H]1[C@@H]3[C@@H]5OC(=O)c1cc(OC)c(OC)c(OC)c1. The van der Waals surface area contributed by atoms with Crippen molar-refractivity contribution in [2.45, 2.75) is 49.4 Å². The summed E-state index contributed by atoms with van der Waals surface area (Å²) in [6.45, 7) is 3.18. The summed E-state index contributed by atoms with van der Waals surface area (Å²) < 4.78 is 23.1. The summed E-state index contributed by atoms with van der Waals surface area (Å²) in [6.07, 6.45) is 4.21. The molecule has 7 nitrogen and oxygen atoms in total. The zero-order chi connectivity index (χ0) is 24.8. The molecule has 36 heavy (non-hydrogen) atoms. The van der Waals surface area contributed by atoms with E-state index in [4.69, 9.17) is 18.9 Å². The fourth-order valence-corrected chi connectivity index (χ4v) is 8.41. The molecule has 0 amide bonds. The smallest absolute Gasteiger partial charge is 0.338 e. The number of allylic oxidation sites excluding steroid dienone is 1. The zero-order valence-corrected chi connectivity index (χ0v) is 21.1. The Morgan fingerprint density at radius 1 is 1.08 bits per heavy atom. The molecular weight excluding hydrogens is 456 g/mol. The molecule has 5 fully saturated rings. The van der Waals surface area contributed by atoms with Crippen molar-refractivity contribution in [3.8, 4) is 17.2 Å². The molecule has 188 valence electrons. The van der Waals surface area contributed by atoms with Crippen molar-refractivity contribution in [1.29, 1.82) is 0 Å². The number of fused-ring (bicyclic) bond motifs is 2. The molecule has 0 radical (unpaired) electrons. The average molecular weight is 489 g/mol. The number of piperidine rings is 4. The van der Waals surface area contributed by atoms with E-state index in [0.29, 0.717) is 40.8 Å². The Balaban J connectivity index is 1.34. The van der Waals surface area contributed by atoms with Gasteiger partial charge in [0.1, 0.15) is 6.10 Å². The molecule has 1 N–H and O–H groups in total. The normalized spacial score (nSPS) is 37.3. The van der Waals surface area contributed by atoms with Gasteiger partial charge in [0.15, 0.2) is 11.5 Å². The van der Waals surface area contributed by atoms with E-state index in [-0.39, 0.29) is 29.4 Å². The van der Waals surface area contributed by atoms with E-state index in [1.807, 2.05) is 0 Å². The molecule has 8 rings (SSSR count). The Morgan fingerprint density at radius 2 is 1.83 bits per heavy atom. The second-order valence-electron chi connectivity index (χ2n) is 10.7. The number of nitrogens with zero attached hydrogens (tertiary/aromatic N) is 1. The predicted octanol–water partition coefficient (Wildman–Crippen LogP) is 4.02. The molecule has 2 aromatic rings. The van der Waals surface area contributed by atoms with E-state index in [0.717, 1.165) is 19.4 Å². The van der Waals surface area contributed by atoms with Gasteiger partial charge in [-0.25, -0.2) is 4.79 Å². The molecule has 0 aromatic heterocycles. The highest BCUT2D eigenvalue weighted by molar-refractivity contribution is 5.91. The average Bonchev–Trinajstić information content (AvgIpc) is 3.40. The van der Waals surface area contributed by atoms with Gasteiger partial charge in [0.25, 0.3) is 0 Å². The van der Waals surface area contributed by atoms with E-state index in [1.54, 1.807) is 33.5 Å². The molecule has 1 saturated carbocycles. The number of esters is 1. The molecule has 5 aliphatic heterocycles. The second kappa shape index (κ2) is 7.65. The summed E-state index contributed by atoms with van der Waals surface area (Å²) in [5.74, 6) is 1.74. The van der Waals surface area contributed by atoms with Gasteiger partial charge in [0.05, 0.1) is 38.3 Å². The van der Waals surface area contributed by atoms with Crippen molar-refractivity contribution in [2.75, 3.05) is 33.2 Å². The molecule has 6 bridgehead atoms. The van der Waals surface area contributed by atoms with Gasteiger partial charge < -0.3 is 24.3 Å². The lowest BCUT2D eigenvalue weighted by Gasteiger charge is -2.57. The van der Waals surface area contributed by atoms with Crippen LogP contribution < -0.4 is 19.5 Å². The Morgan fingerprint density at radius 3 is 2.53 bits per heavy atom. The van der Waals surface area contributed by atoms with Crippen LogP contribution in [-0.4, -0.2) is 63.0 Å². The molecular formula is C29H32N2O5. The highest BCUT2D eigenvalue weighted by Gasteiger charge is 2.74. The summed E-state index contributed by atoms with van der Waals surface area (Å²) in [6, 6.07) is 13.1. The molecule has 5 heterocycles. The lowest BCUT2D eigenvalue weighted by Crippen LogP contribution is -2.66. The largest absolute Gasteiger partial charge is 0.493 e. The van der Waals surface area contributed by atoms with Crippen molar-refractivity contribution in [3.63, 3.8) is 0 Å². The number of nitrogens with one attached hydrogen (secondary N) is 1. The topological polar surface area (TPSA) is 69.3 Å². The maximum Gasteiger partial charge on any atom is 0.338 e. The number of methoxy groups -OCH3 is 3.